The summed E-state index contributed by atoms with van der Waals surface area (Å²) in [5, 5.41) is 8.80. The summed E-state index contributed by atoms with van der Waals surface area (Å²) in [7, 11) is 2.09. The third kappa shape index (κ3) is 2.02. The molecule has 0 saturated heterocycles. The molecular weight excluding hydrogens is 184 g/mol. The predicted molar refractivity (Wildman–Crippen MR) is 61.6 cm³/mol. The lowest BCUT2D eigenvalue weighted by molar-refractivity contribution is 0.671. The van der Waals surface area contributed by atoms with Crippen LogP contribution in [0.25, 0.3) is 0 Å². The molecule has 1 unspecified atom stereocenters. The molecule has 0 spiro atoms. The molecule has 0 saturated carbocycles. The Kier molecular flexibility index (Phi) is 2.73. The highest BCUT2D eigenvalue weighted by atomic mass is 15.1. The first-order valence-corrected chi connectivity index (χ1v) is 5.18. The fourth-order valence-electron chi connectivity index (χ4n) is 1.96. The summed E-state index contributed by atoms with van der Waals surface area (Å²) in [4.78, 5) is 2.25. The van der Waals surface area contributed by atoms with Crippen molar-refractivity contribution in [3.63, 3.8) is 0 Å². The normalized spacial score (nSPS) is 19.5. The molecule has 1 atom stereocenters. The molecule has 1 aliphatic rings. The van der Waals surface area contributed by atoms with Gasteiger partial charge in [-0.25, -0.2) is 0 Å². The number of nitriles is 1. The minimum absolute atomic E-state index is 0.446. The smallest absolute Gasteiger partial charge is 0.0944 e. The van der Waals surface area contributed by atoms with Crippen molar-refractivity contribution >= 4 is 5.69 Å². The molecule has 1 aliphatic carbocycles. The maximum absolute atomic E-state index is 8.80. The number of rotatable bonds is 2. The summed E-state index contributed by atoms with van der Waals surface area (Å²) < 4.78 is 0. The second-order valence-corrected chi connectivity index (χ2v) is 3.88. The Labute approximate surface area is 90.4 Å². The number of benzene rings is 1. The van der Waals surface area contributed by atoms with Crippen LogP contribution >= 0.6 is 0 Å². The van der Waals surface area contributed by atoms with Crippen molar-refractivity contribution in [3.05, 3.63) is 42.0 Å². The van der Waals surface area contributed by atoms with E-state index in [9.17, 15) is 0 Å². The molecule has 2 nitrogen and oxygen atoms in total. The molecule has 0 bridgehead atoms. The van der Waals surface area contributed by atoms with Gasteiger partial charge in [0.05, 0.1) is 6.07 Å². The van der Waals surface area contributed by atoms with E-state index >= 15 is 0 Å². The van der Waals surface area contributed by atoms with E-state index in [4.69, 9.17) is 5.26 Å². The van der Waals surface area contributed by atoms with Crippen LogP contribution in [-0.4, -0.2) is 13.1 Å². The fourth-order valence-corrected chi connectivity index (χ4v) is 1.96. The van der Waals surface area contributed by atoms with Gasteiger partial charge in [0.2, 0.25) is 0 Å². The van der Waals surface area contributed by atoms with Gasteiger partial charge in [-0.1, -0.05) is 24.3 Å². The first-order valence-electron chi connectivity index (χ1n) is 5.18. The maximum Gasteiger partial charge on any atom is 0.0944 e. The van der Waals surface area contributed by atoms with Gasteiger partial charge in [0.25, 0.3) is 0 Å². The summed E-state index contributed by atoms with van der Waals surface area (Å²) in [6.45, 7) is 0. The van der Waals surface area contributed by atoms with E-state index in [-0.39, 0.29) is 0 Å². The molecular formula is C13H14N2. The van der Waals surface area contributed by atoms with E-state index < -0.39 is 0 Å². The van der Waals surface area contributed by atoms with Crippen molar-refractivity contribution in [1.29, 1.82) is 5.26 Å². The Hall–Kier alpha value is -1.75. The van der Waals surface area contributed by atoms with Crippen LogP contribution in [0.15, 0.2) is 42.0 Å². The summed E-state index contributed by atoms with van der Waals surface area (Å²) in [6.07, 6.45) is 3.90. The highest BCUT2D eigenvalue weighted by Gasteiger charge is 2.20. The minimum atomic E-state index is 0.446. The van der Waals surface area contributed by atoms with Crippen molar-refractivity contribution in [2.75, 3.05) is 11.9 Å². The van der Waals surface area contributed by atoms with Gasteiger partial charge in [0.15, 0.2) is 0 Å². The van der Waals surface area contributed by atoms with Gasteiger partial charge in [0.1, 0.15) is 0 Å². The third-order valence-electron chi connectivity index (χ3n) is 2.95. The first-order chi connectivity index (χ1) is 7.31. The minimum Gasteiger partial charge on any atom is -0.371 e. The Bertz CT molecular complexity index is 400. The van der Waals surface area contributed by atoms with Crippen LogP contribution in [0.5, 0.6) is 0 Å². The number of hydrogen-bond donors (Lipinski definition) is 0. The van der Waals surface area contributed by atoms with E-state index in [1.807, 2.05) is 24.3 Å². The van der Waals surface area contributed by atoms with Crippen LogP contribution < -0.4 is 4.90 Å². The summed E-state index contributed by atoms with van der Waals surface area (Å²) in [5.74, 6) is 0. The molecule has 15 heavy (non-hydrogen) atoms. The topological polar surface area (TPSA) is 27.0 Å². The van der Waals surface area contributed by atoms with Gasteiger partial charge in [-0.05, 0) is 18.6 Å². The Morgan fingerprint density at radius 3 is 2.67 bits per heavy atom. The zero-order valence-corrected chi connectivity index (χ0v) is 8.85. The van der Waals surface area contributed by atoms with Crippen molar-refractivity contribution < 1.29 is 0 Å². The van der Waals surface area contributed by atoms with Gasteiger partial charge in [-0.3, -0.25) is 0 Å². The first kappa shape index (κ1) is 9.79. The molecule has 0 aliphatic heterocycles. The van der Waals surface area contributed by atoms with Gasteiger partial charge in [0, 0.05) is 30.8 Å². The Balaban J connectivity index is 2.06. The van der Waals surface area contributed by atoms with E-state index in [1.165, 1.54) is 5.69 Å². The summed E-state index contributed by atoms with van der Waals surface area (Å²) in [6, 6.07) is 13.0. The van der Waals surface area contributed by atoms with Gasteiger partial charge in [-0.2, -0.15) is 5.26 Å². The van der Waals surface area contributed by atoms with Crippen molar-refractivity contribution in [3.8, 4) is 6.07 Å². The summed E-state index contributed by atoms with van der Waals surface area (Å²) >= 11 is 0. The standard InChI is InChI=1S/C13H14N2/c1-15(12-5-3-2-4-6-12)13-8-7-11(9-13)10-14/h2-7,13H,8-9H2,1H3. The van der Waals surface area contributed by atoms with Crippen LogP contribution in [0.4, 0.5) is 5.69 Å². The number of anilines is 1. The van der Waals surface area contributed by atoms with Crippen LogP contribution in [0.2, 0.25) is 0 Å². The highest BCUT2D eigenvalue weighted by Crippen LogP contribution is 2.26. The zero-order valence-electron chi connectivity index (χ0n) is 8.85. The molecule has 0 N–H and O–H groups in total. The fraction of sp³-hybridized carbons (Fsp3) is 0.308. The van der Waals surface area contributed by atoms with E-state index in [0.717, 1.165) is 18.4 Å². The molecule has 2 rings (SSSR count). The number of para-hydroxylation sites is 1. The number of nitrogens with zero attached hydrogens (tertiary/aromatic N) is 2. The second kappa shape index (κ2) is 4.18. The molecule has 0 heterocycles. The third-order valence-corrected chi connectivity index (χ3v) is 2.95. The summed E-state index contributed by atoms with van der Waals surface area (Å²) in [5.41, 5.74) is 2.14. The molecule has 1 aromatic rings. The molecule has 2 heteroatoms. The van der Waals surface area contributed by atoms with Crippen LogP contribution in [0.3, 0.4) is 0 Å². The maximum atomic E-state index is 8.80. The Morgan fingerprint density at radius 2 is 2.07 bits per heavy atom. The van der Waals surface area contributed by atoms with Crippen LogP contribution in [0, 0.1) is 11.3 Å². The van der Waals surface area contributed by atoms with E-state index in [2.05, 4.69) is 30.1 Å². The molecule has 0 aromatic heterocycles. The Morgan fingerprint density at radius 1 is 1.33 bits per heavy atom. The molecule has 0 fully saturated rings. The lowest BCUT2D eigenvalue weighted by atomic mass is 10.1. The molecule has 76 valence electrons. The molecule has 1 aromatic carbocycles. The molecule has 0 radical (unpaired) electrons. The van der Waals surface area contributed by atoms with Crippen molar-refractivity contribution in [1.82, 2.24) is 0 Å². The van der Waals surface area contributed by atoms with E-state index in [0.29, 0.717) is 6.04 Å². The average Bonchev–Trinajstić information content (AvgIpc) is 2.78. The average molecular weight is 198 g/mol. The van der Waals surface area contributed by atoms with Crippen LogP contribution in [-0.2, 0) is 0 Å². The lowest BCUT2D eigenvalue weighted by Crippen LogP contribution is -2.29. The van der Waals surface area contributed by atoms with Crippen molar-refractivity contribution in [2.24, 2.45) is 0 Å². The van der Waals surface area contributed by atoms with Gasteiger partial charge >= 0.3 is 0 Å². The largest absolute Gasteiger partial charge is 0.371 e. The zero-order chi connectivity index (χ0) is 10.7. The SMILES string of the molecule is CN(c1ccccc1)C1CC=C(C#N)C1. The highest BCUT2D eigenvalue weighted by molar-refractivity contribution is 5.47. The van der Waals surface area contributed by atoms with Crippen molar-refractivity contribution in [2.45, 2.75) is 18.9 Å². The van der Waals surface area contributed by atoms with Crippen LogP contribution in [0.1, 0.15) is 12.8 Å². The monoisotopic (exact) mass is 198 g/mol. The second-order valence-electron chi connectivity index (χ2n) is 3.88. The van der Waals surface area contributed by atoms with E-state index in [1.54, 1.807) is 0 Å². The predicted octanol–water partition coefficient (Wildman–Crippen LogP) is 2.74. The van der Waals surface area contributed by atoms with Gasteiger partial charge < -0.3 is 4.90 Å². The molecule has 0 amide bonds. The lowest BCUT2D eigenvalue weighted by Gasteiger charge is -2.26. The quantitative estimate of drug-likeness (QED) is 0.730. The number of hydrogen-bond acceptors (Lipinski definition) is 2. The van der Waals surface area contributed by atoms with Gasteiger partial charge in [-0.15, -0.1) is 0 Å².